The third kappa shape index (κ3) is 5.00. The maximum Gasteiger partial charge on any atom is 0.251 e. The first-order valence-electron chi connectivity index (χ1n) is 9.47. The van der Waals surface area contributed by atoms with Crippen molar-refractivity contribution in [2.75, 3.05) is 51.2 Å². The number of guanidine groups is 1. The van der Waals surface area contributed by atoms with Crippen LogP contribution >= 0.6 is 0 Å². The molecule has 1 fully saturated rings. The third-order valence-electron chi connectivity index (χ3n) is 4.71. The number of hydrogen-bond acceptors (Lipinski definition) is 3. The van der Waals surface area contributed by atoms with E-state index in [1.54, 1.807) is 25.2 Å². The van der Waals surface area contributed by atoms with E-state index in [9.17, 15) is 9.18 Å². The topological polar surface area (TPSA) is 60.0 Å². The summed E-state index contributed by atoms with van der Waals surface area (Å²) >= 11 is 0. The zero-order valence-corrected chi connectivity index (χ0v) is 16.1. The molecule has 2 aromatic carbocycles. The summed E-state index contributed by atoms with van der Waals surface area (Å²) in [4.78, 5) is 20.6. The van der Waals surface area contributed by atoms with Gasteiger partial charge in [0.15, 0.2) is 5.96 Å². The van der Waals surface area contributed by atoms with Gasteiger partial charge in [-0.05, 0) is 24.3 Å². The first kappa shape index (κ1) is 19.7. The molecule has 1 heterocycles. The Balaban J connectivity index is 1.42. The molecule has 0 radical (unpaired) electrons. The number of para-hydroxylation sites is 1. The molecule has 0 unspecified atom stereocenters. The van der Waals surface area contributed by atoms with E-state index in [4.69, 9.17) is 0 Å². The van der Waals surface area contributed by atoms with Crippen LogP contribution in [0, 0.1) is 5.82 Å². The standard InChI is InChI=1S/C21H26FN5O/c1-23-21(25-12-11-24-20(28)17-7-3-2-4-8-17)27-15-13-26(14-16-27)19-10-6-5-9-18(19)22/h2-10H,11-16H2,1H3,(H,23,25)(H,24,28). The number of hydrogen-bond donors (Lipinski definition) is 2. The van der Waals surface area contributed by atoms with Gasteiger partial charge in [0, 0.05) is 51.9 Å². The number of carbonyl (C=O) groups is 1. The molecule has 1 saturated heterocycles. The number of nitrogens with one attached hydrogen (secondary N) is 2. The van der Waals surface area contributed by atoms with E-state index in [0.29, 0.717) is 24.3 Å². The van der Waals surface area contributed by atoms with Gasteiger partial charge in [-0.15, -0.1) is 0 Å². The molecular weight excluding hydrogens is 357 g/mol. The van der Waals surface area contributed by atoms with Crippen LogP contribution < -0.4 is 15.5 Å². The van der Waals surface area contributed by atoms with Crippen LogP contribution in [0.5, 0.6) is 0 Å². The maximum atomic E-state index is 14.0. The first-order valence-corrected chi connectivity index (χ1v) is 9.47. The Morgan fingerprint density at radius 1 is 0.964 bits per heavy atom. The van der Waals surface area contributed by atoms with Crippen LogP contribution in [0.2, 0.25) is 0 Å². The number of anilines is 1. The number of piperazine rings is 1. The van der Waals surface area contributed by atoms with Gasteiger partial charge in [-0.25, -0.2) is 4.39 Å². The molecule has 0 saturated carbocycles. The monoisotopic (exact) mass is 383 g/mol. The number of benzene rings is 2. The lowest BCUT2D eigenvalue weighted by Crippen LogP contribution is -2.53. The Hall–Kier alpha value is -3.09. The summed E-state index contributed by atoms with van der Waals surface area (Å²) in [6, 6.07) is 16.0. The predicted molar refractivity (Wildman–Crippen MR) is 110 cm³/mol. The second-order valence-electron chi connectivity index (χ2n) is 6.52. The van der Waals surface area contributed by atoms with Crippen molar-refractivity contribution in [2.24, 2.45) is 4.99 Å². The zero-order chi connectivity index (χ0) is 19.8. The smallest absolute Gasteiger partial charge is 0.251 e. The molecule has 28 heavy (non-hydrogen) atoms. The van der Waals surface area contributed by atoms with Gasteiger partial charge in [0.25, 0.3) is 5.91 Å². The molecule has 0 bridgehead atoms. The van der Waals surface area contributed by atoms with Gasteiger partial charge < -0.3 is 20.4 Å². The molecule has 7 heteroatoms. The van der Waals surface area contributed by atoms with E-state index < -0.39 is 0 Å². The van der Waals surface area contributed by atoms with E-state index in [2.05, 4.69) is 25.4 Å². The van der Waals surface area contributed by atoms with Crippen LogP contribution in [0.1, 0.15) is 10.4 Å². The molecule has 1 amide bonds. The Bertz CT molecular complexity index is 803. The van der Waals surface area contributed by atoms with Crippen molar-refractivity contribution in [1.82, 2.24) is 15.5 Å². The van der Waals surface area contributed by atoms with Crippen LogP contribution in [0.3, 0.4) is 0 Å². The number of nitrogens with zero attached hydrogens (tertiary/aromatic N) is 3. The minimum atomic E-state index is -0.187. The van der Waals surface area contributed by atoms with Crippen LogP contribution in [-0.2, 0) is 0 Å². The van der Waals surface area contributed by atoms with Crippen LogP contribution in [-0.4, -0.2) is 63.1 Å². The van der Waals surface area contributed by atoms with Gasteiger partial charge in [-0.1, -0.05) is 30.3 Å². The van der Waals surface area contributed by atoms with Gasteiger partial charge >= 0.3 is 0 Å². The number of carbonyl (C=O) groups excluding carboxylic acids is 1. The van der Waals surface area contributed by atoms with E-state index in [0.717, 1.165) is 32.1 Å². The van der Waals surface area contributed by atoms with E-state index in [1.807, 2.05) is 30.3 Å². The van der Waals surface area contributed by atoms with Gasteiger partial charge in [0.2, 0.25) is 0 Å². The molecule has 2 N–H and O–H groups in total. The number of aliphatic imine (C=N–C) groups is 1. The van der Waals surface area contributed by atoms with Crippen molar-refractivity contribution in [3.05, 3.63) is 66.0 Å². The molecule has 1 aliphatic rings. The number of amides is 1. The van der Waals surface area contributed by atoms with E-state index >= 15 is 0 Å². The van der Waals surface area contributed by atoms with Crippen molar-refractivity contribution >= 4 is 17.6 Å². The molecule has 0 atom stereocenters. The van der Waals surface area contributed by atoms with E-state index in [1.165, 1.54) is 6.07 Å². The lowest BCUT2D eigenvalue weighted by atomic mass is 10.2. The third-order valence-corrected chi connectivity index (χ3v) is 4.71. The summed E-state index contributed by atoms with van der Waals surface area (Å²) in [5, 5.41) is 6.17. The Labute approximate surface area is 165 Å². The van der Waals surface area contributed by atoms with Gasteiger partial charge in [-0.3, -0.25) is 9.79 Å². The van der Waals surface area contributed by atoms with E-state index in [-0.39, 0.29) is 11.7 Å². The summed E-state index contributed by atoms with van der Waals surface area (Å²) in [5.41, 5.74) is 1.30. The fraction of sp³-hybridized carbons (Fsp3) is 0.333. The normalized spacial score (nSPS) is 14.7. The Morgan fingerprint density at radius 3 is 2.29 bits per heavy atom. The molecule has 0 aromatic heterocycles. The summed E-state index contributed by atoms with van der Waals surface area (Å²) in [7, 11) is 1.74. The van der Waals surface area contributed by atoms with Crippen molar-refractivity contribution in [2.45, 2.75) is 0 Å². The average Bonchev–Trinajstić information content (AvgIpc) is 2.75. The molecule has 1 aliphatic heterocycles. The largest absolute Gasteiger partial charge is 0.366 e. The fourth-order valence-electron chi connectivity index (χ4n) is 3.24. The Morgan fingerprint density at radius 2 is 1.61 bits per heavy atom. The minimum Gasteiger partial charge on any atom is -0.366 e. The van der Waals surface area contributed by atoms with Crippen molar-refractivity contribution in [3.63, 3.8) is 0 Å². The molecule has 0 spiro atoms. The van der Waals surface area contributed by atoms with Gasteiger partial charge in [-0.2, -0.15) is 0 Å². The highest BCUT2D eigenvalue weighted by Gasteiger charge is 2.21. The van der Waals surface area contributed by atoms with Crippen molar-refractivity contribution < 1.29 is 9.18 Å². The molecule has 0 aliphatic carbocycles. The molecule has 3 rings (SSSR count). The SMILES string of the molecule is CN=C(NCCNC(=O)c1ccccc1)N1CCN(c2ccccc2F)CC1. The highest BCUT2D eigenvalue weighted by molar-refractivity contribution is 5.94. The van der Waals surface area contributed by atoms with Crippen molar-refractivity contribution in [1.29, 1.82) is 0 Å². The predicted octanol–water partition coefficient (Wildman–Crippen LogP) is 1.95. The van der Waals surface area contributed by atoms with Crippen LogP contribution in [0.25, 0.3) is 0 Å². The number of rotatable bonds is 5. The maximum absolute atomic E-state index is 14.0. The van der Waals surface area contributed by atoms with Gasteiger partial charge in [0.05, 0.1) is 5.69 Å². The second-order valence-corrected chi connectivity index (χ2v) is 6.52. The highest BCUT2D eigenvalue weighted by Crippen LogP contribution is 2.20. The second kappa shape index (κ2) is 9.73. The highest BCUT2D eigenvalue weighted by atomic mass is 19.1. The summed E-state index contributed by atoms with van der Waals surface area (Å²) in [5.74, 6) is 0.519. The zero-order valence-electron chi connectivity index (χ0n) is 16.1. The lowest BCUT2D eigenvalue weighted by molar-refractivity contribution is 0.0954. The average molecular weight is 383 g/mol. The molecule has 2 aromatic rings. The quantitative estimate of drug-likeness (QED) is 0.471. The fourth-order valence-corrected chi connectivity index (χ4v) is 3.24. The minimum absolute atomic E-state index is 0.0871. The summed E-state index contributed by atoms with van der Waals surface area (Å²) in [6.07, 6.45) is 0. The van der Waals surface area contributed by atoms with Crippen LogP contribution in [0.4, 0.5) is 10.1 Å². The van der Waals surface area contributed by atoms with Crippen molar-refractivity contribution in [3.8, 4) is 0 Å². The summed E-state index contributed by atoms with van der Waals surface area (Å²) in [6.45, 7) is 4.05. The van der Waals surface area contributed by atoms with Crippen LogP contribution in [0.15, 0.2) is 59.6 Å². The molecular formula is C21H26FN5O. The lowest BCUT2D eigenvalue weighted by Gasteiger charge is -2.37. The summed E-state index contributed by atoms with van der Waals surface area (Å²) < 4.78 is 14.0. The molecule has 148 valence electrons. The Kier molecular flexibility index (Phi) is 6.84. The number of halogens is 1. The first-order chi connectivity index (χ1) is 13.7. The molecule has 6 nitrogen and oxygen atoms in total. The van der Waals surface area contributed by atoms with Gasteiger partial charge in [0.1, 0.15) is 5.82 Å².